The van der Waals surface area contributed by atoms with Crippen LogP contribution in [0.1, 0.15) is 31.2 Å². The van der Waals surface area contributed by atoms with Crippen LogP contribution < -0.4 is 5.32 Å². The molecule has 0 aromatic heterocycles. The predicted molar refractivity (Wildman–Crippen MR) is 74.7 cm³/mol. The van der Waals surface area contributed by atoms with Crippen molar-refractivity contribution in [2.45, 2.75) is 25.7 Å². The molecule has 0 radical (unpaired) electrons. The molecular weight excluding hydrogens is 254 g/mol. The summed E-state index contributed by atoms with van der Waals surface area (Å²) < 4.78 is 0. The lowest BCUT2D eigenvalue weighted by atomic mass is 9.83. The summed E-state index contributed by atoms with van der Waals surface area (Å²) in [5.74, 6) is -0.385. The van der Waals surface area contributed by atoms with Gasteiger partial charge in [-0.05, 0) is 55.0 Å². The number of imide groups is 1. The van der Waals surface area contributed by atoms with Crippen molar-refractivity contribution >= 4 is 17.9 Å². The van der Waals surface area contributed by atoms with Crippen LogP contribution in [0.3, 0.4) is 0 Å². The summed E-state index contributed by atoms with van der Waals surface area (Å²) in [6.45, 7) is 0. The maximum absolute atomic E-state index is 12.0. The third kappa shape index (κ3) is 2.25. The van der Waals surface area contributed by atoms with Gasteiger partial charge in [0.15, 0.2) is 0 Å². The molecule has 1 aliphatic carbocycles. The van der Waals surface area contributed by atoms with Gasteiger partial charge in [-0.15, -0.1) is 0 Å². The second-order valence-electron chi connectivity index (χ2n) is 5.10. The molecule has 0 unspecified atom stereocenters. The topological polar surface area (TPSA) is 66.4 Å². The van der Waals surface area contributed by atoms with Gasteiger partial charge in [-0.25, -0.2) is 0 Å². The second kappa shape index (κ2) is 4.96. The number of phenols is 1. The Morgan fingerprint density at radius 3 is 2.30 bits per heavy atom. The van der Waals surface area contributed by atoms with Gasteiger partial charge in [-0.2, -0.15) is 0 Å². The Kier molecular flexibility index (Phi) is 3.14. The molecule has 4 nitrogen and oxygen atoms in total. The summed E-state index contributed by atoms with van der Waals surface area (Å²) in [4.78, 5) is 23.9. The summed E-state index contributed by atoms with van der Waals surface area (Å²) >= 11 is 0. The van der Waals surface area contributed by atoms with Crippen LogP contribution in [0, 0.1) is 0 Å². The van der Waals surface area contributed by atoms with Gasteiger partial charge >= 0.3 is 0 Å². The van der Waals surface area contributed by atoms with Crippen molar-refractivity contribution in [1.82, 2.24) is 5.32 Å². The smallest absolute Gasteiger partial charge is 0.258 e. The number of aromatic hydroxyl groups is 1. The van der Waals surface area contributed by atoms with E-state index in [0.717, 1.165) is 42.4 Å². The molecule has 20 heavy (non-hydrogen) atoms. The lowest BCUT2D eigenvalue weighted by Gasteiger charge is -2.25. The van der Waals surface area contributed by atoms with Gasteiger partial charge in [0.1, 0.15) is 5.75 Å². The molecule has 0 fully saturated rings. The van der Waals surface area contributed by atoms with Gasteiger partial charge in [-0.3, -0.25) is 14.9 Å². The van der Waals surface area contributed by atoms with Gasteiger partial charge in [-0.1, -0.05) is 12.1 Å². The van der Waals surface area contributed by atoms with Crippen LogP contribution in [0.4, 0.5) is 0 Å². The van der Waals surface area contributed by atoms with Gasteiger partial charge in [0.05, 0.1) is 0 Å². The minimum atomic E-state index is -0.330. The fourth-order valence-corrected chi connectivity index (χ4v) is 2.73. The van der Waals surface area contributed by atoms with Crippen molar-refractivity contribution in [3.05, 3.63) is 46.5 Å². The molecule has 0 atom stereocenters. The maximum atomic E-state index is 12.0. The molecule has 2 amide bonds. The van der Waals surface area contributed by atoms with Crippen LogP contribution >= 0.6 is 0 Å². The molecule has 1 aromatic rings. The van der Waals surface area contributed by atoms with Crippen molar-refractivity contribution in [2.24, 2.45) is 0 Å². The Labute approximate surface area is 116 Å². The van der Waals surface area contributed by atoms with Crippen molar-refractivity contribution in [1.29, 1.82) is 0 Å². The fraction of sp³-hybridized carbons (Fsp3) is 0.250. The van der Waals surface area contributed by atoms with E-state index in [9.17, 15) is 14.7 Å². The number of phenolic OH excluding ortho intramolecular Hbond substituents is 1. The van der Waals surface area contributed by atoms with E-state index < -0.39 is 0 Å². The SMILES string of the molecule is O=C1NC(=O)/C(=C\c2ccc(O)cc2)C2=C1CCCC2. The fourth-order valence-electron chi connectivity index (χ4n) is 2.73. The van der Waals surface area contributed by atoms with E-state index in [1.54, 1.807) is 30.3 Å². The molecule has 0 bridgehead atoms. The number of amides is 2. The highest BCUT2D eigenvalue weighted by atomic mass is 16.3. The third-order valence-electron chi connectivity index (χ3n) is 3.74. The maximum Gasteiger partial charge on any atom is 0.258 e. The van der Waals surface area contributed by atoms with Crippen molar-refractivity contribution in [3.63, 3.8) is 0 Å². The zero-order valence-electron chi connectivity index (χ0n) is 11.0. The molecule has 3 rings (SSSR count). The van der Waals surface area contributed by atoms with Crippen LogP contribution in [0.2, 0.25) is 0 Å². The molecule has 2 aliphatic rings. The number of carbonyl (C=O) groups is 2. The van der Waals surface area contributed by atoms with Crippen LogP contribution in [0.5, 0.6) is 5.75 Å². The van der Waals surface area contributed by atoms with E-state index in [4.69, 9.17) is 0 Å². The van der Waals surface area contributed by atoms with Gasteiger partial charge in [0, 0.05) is 11.1 Å². The van der Waals surface area contributed by atoms with Crippen molar-refractivity contribution in [2.75, 3.05) is 0 Å². The Balaban J connectivity index is 2.06. The Hall–Kier alpha value is -2.36. The average molecular weight is 269 g/mol. The molecule has 0 spiro atoms. The zero-order chi connectivity index (χ0) is 14.1. The second-order valence-corrected chi connectivity index (χ2v) is 5.10. The highest BCUT2D eigenvalue weighted by Gasteiger charge is 2.30. The molecule has 2 N–H and O–H groups in total. The summed E-state index contributed by atoms with van der Waals surface area (Å²) in [6, 6.07) is 6.65. The highest BCUT2D eigenvalue weighted by molar-refractivity contribution is 6.18. The minimum Gasteiger partial charge on any atom is -0.508 e. The predicted octanol–water partition coefficient (Wildman–Crippen LogP) is 2.30. The van der Waals surface area contributed by atoms with E-state index >= 15 is 0 Å². The summed E-state index contributed by atoms with van der Waals surface area (Å²) in [5.41, 5.74) is 3.05. The minimum absolute atomic E-state index is 0.188. The van der Waals surface area contributed by atoms with Gasteiger partial charge in [0.25, 0.3) is 11.8 Å². The zero-order valence-corrected chi connectivity index (χ0v) is 11.0. The number of hydrogen-bond acceptors (Lipinski definition) is 3. The Bertz CT molecular complexity index is 638. The first-order valence-electron chi connectivity index (χ1n) is 6.74. The quantitative estimate of drug-likeness (QED) is 0.607. The average Bonchev–Trinajstić information content (AvgIpc) is 2.45. The largest absolute Gasteiger partial charge is 0.508 e. The summed E-state index contributed by atoms with van der Waals surface area (Å²) in [6.07, 6.45) is 5.29. The third-order valence-corrected chi connectivity index (χ3v) is 3.74. The normalized spacial score (nSPS) is 20.9. The van der Waals surface area contributed by atoms with E-state index in [1.165, 1.54) is 0 Å². The number of nitrogens with one attached hydrogen (secondary N) is 1. The first-order valence-corrected chi connectivity index (χ1v) is 6.74. The van der Waals surface area contributed by atoms with Gasteiger partial charge in [0.2, 0.25) is 0 Å². The number of carbonyl (C=O) groups excluding carboxylic acids is 2. The molecule has 1 aliphatic heterocycles. The Morgan fingerprint density at radius 2 is 1.60 bits per heavy atom. The monoisotopic (exact) mass is 269 g/mol. The lowest BCUT2D eigenvalue weighted by molar-refractivity contribution is -0.127. The van der Waals surface area contributed by atoms with E-state index in [0.29, 0.717) is 5.57 Å². The highest BCUT2D eigenvalue weighted by Crippen LogP contribution is 2.33. The summed E-state index contributed by atoms with van der Waals surface area (Å²) in [7, 11) is 0. The summed E-state index contributed by atoms with van der Waals surface area (Å²) in [5, 5.41) is 11.7. The Morgan fingerprint density at radius 1 is 0.950 bits per heavy atom. The van der Waals surface area contributed by atoms with E-state index in [2.05, 4.69) is 5.32 Å². The lowest BCUT2D eigenvalue weighted by Crippen LogP contribution is -2.39. The van der Waals surface area contributed by atoms with Crippen LogP contribution in [0.25, 0.3) is 6.08 Å². The standard InChI is InChI=1S/C16H15NO3/c18-11-7-5-10(6-8-11)9-14-12-3-1-2-4-13(12)15(19)17-16(14)20/h5-9,18H,1-4H2,(H,17,19,20)/b14-9-. The molecule has 4 heteroatoms. The van der Waals surface area contributed by atoms with Gasteiger partial charge < -0.3 is 5.11 Å². The first-order chi connectivity index (χ1) is 9.65. The number of hydrogen-bond donors (Lipinski definition) is 2. The van der Waals surface area contributed by atoms with Crippen LogP contribution in [-0.2, 0) is 9.59 Å². The van der Waals surface area contributed by atoms with Crippen molar-refractivity contribution < 1.29 is 14.7 Å². The molecule has 1 heterocycles. The molecule has 0 saturated heterocycles. The molecule has 102 valence electrons. The van der Waals surface area contributed by atoms with Crippen LogP contribution in [-0.4, -0.2) is 16.9 Å². The van der Waals surface area contributed by atoms with E-state index in [1.807, 2.05) is 0 Å². The number of benzene rings is 1. The van der Waals surface area contributed by atoms with Crippen LogP contribution in [0.15, 0.2) is 41.0 Å². The molecular formula is C16H15NO3. The molecule has 0 saturated carbocycles. The van der Waals surface area contributed by atoms with Crippen molar-refractivity contribution in [3.8, 4) is 5.75 Å². The number of rotatable bonds is 1. The molecule has 1 aromatic carbocycles. The van der Waals surface area contributed by atoms with E-state index in [-0.39, 0.29) is 17.6 Å². The first kappa shape index (κ1) is 12.7.